The van der Waals surface area contributed by atoms with Crippen LogP contribution in [0.2, 0.25) is 0 Å². The van der Waals surface area contributed by atoms with E-state index in [4.69, 9.17) is 4.74 Å². The zero-order chi connectivity index (χ0) is 15.2. The van der Waals surface area contributed by atoms with Crippen molar-refractivity contribution in [3.05, 3.63) is 0 Å². The van der Waals surface area contributed by atoms with Crippen LogP contribution in [-0.2, 0) is 14.3 Å². The molecule has 1 fully saturated rings. The Morgan fingerprint density at radius 3 is 2.40 bits per heavy atom. The smallest absolute Gasteiger partial charge is 0.407 e. The Labute approximate surface area is 120 Å². The predicted molar refractivity (Wildman–Crippen MR) is 75.7 cm³/mol. The Balaban J connectivity index is 2.57. The van der Waals surface area contributed by atoms with Crippen LogP contribution >= 0.6 is 0 Å². The van der Waals surface area contributed by atoms with Gasteiger partial charge in [-0.05, 0) is 6.42 Å². The van der Waals surface area contributed by atoms with E-state index >= 15 is 0 Å². The SMILES string of the molecule is COC(=O)NC(CCN1CCOCC1)C(=O)C(C)(C)C. The molecule has 0 aliphatic carbocycles. The van der Waals surface area contributed by atoms with Gasteiger partial charge in [0.2, 0.25) is 0 Å². The predicted octanol–water partition coefficient (Wildman–Crippen LogP) is 1.05. The summed E-state index contributed by atoms with van der Waals surface area (Å²) in [6.07, 6.45) is 0.0279. The third kappa shape index (κ3) is 5.46. The summed E-state index contributed by atoms with van der Waals surface area (Å²) in [6, 6.07) is -0.509. The third-order valence-electron chi connectivity index (χ3n) is 3.37. The molecule has 0 aromatic heterocycles. The minimum atomic E-state index is -0.561. The Bertz CT molecular complexity index is 333. The molecule has 6 heteroatoms. The summed E-state index contributed by atoms with van der Waals surface area (Å²) in [4.78, 5) is 26.0. The quantitative estimate of drug-likeness (QED) is 0.818. The van der Waals surface area contributed by atoms with Crippen molar-refractivity contribution in [2.75, 3.05) is 40.0 Å². The molecule has 0 aromatic carbocycles. The molecule has 20 heavy (non-hydrogen) atoms. The van der Waals surface area contributed by atoms with Crippen molar-refractivity contribution in [3.8, 4) is 0 Å². The highest BCUT2D eigenvalue weighted by Gasteiger charge is 2.31. The first-order chi connectivity index (χ1) is 9.34. The number of amides is 1. The van der Waals surface area contributed by atoms with E-state index in [0.29, 0.717) is 6.42 Å². The number of nitrogens with one attached hydrogen (secondary N) is 1. The van der Waals surface area contributed by atoms with Gasteiger partial charge in [-0.3, -0.25) is 9.69 Å². The number of Topliss-reactive ketones (excluding diaryl/α,β-unsaturated/α-hetero) is 1. The van der Waals surface area contributed by atoms with Crippen LogP contribution in [0, 0.1) is 5.41 Å². The highest BCUT2D eigenvalue weighted by atomic mass is 16.5. The van der Waals surface area contributed by atoms with E-state index in [1.54, 1.807) is 0 Å². The number of nitrogens with zero attached hydrogens (tertiary/aromatic N) is 1. The Hall–Kier alpha value is -1.14. The monoisotopic (exact) mass is 286 g/mol. The van der Waals surface area contributed by atoms with Crippen molar-refractivity contribution in [3.63, 3.8) is 0 Å². The van der Waals surface area contributed by atoms with Crippen molar-refractivity contribution < 1.29 is 19.1 Å². The molecule has 1 atom stereocenters. The molecular formula is C14H26N2O4. The third-order valence-corrected chi connectivity index (χ3v) is 3.37. The van der Waals surface area contributed by atoms with Gasteiger partial charge in [0, 0.05) is 25.0 Å². The molecule has 0 saturated carbocycles. The fraction of sp³-hybridized carbons (Fsp3) is 0.857. The molecule has 0 aromatic rings. The van der Waals surface area contributed by atoms with E-state index < -0.39 is 17.6 Å². The van der Waals surface area contributed by atoms with Crippen molar-refractivity contribution in [1.29, 1.82) is 0 Å². The number of hydrogen-bond acceptors (Lipinski definition) is 5. The van der Waals surface area contributed by atoms with Crippen LogP contribution in [0.5, 0.6) is 0 Å². The van der Waals surface area contributed by atoms with Crippen LogP contribution < -0.4 is 5.32 Å². The molecular weight excluding hydrogens is 260 g/mol. The lowest BCUT2D eigenvalue weighted by molar-refractivity contribution is -0.128. The first kappa shape index (κ1) is 16.9. The van der Waals surface area contributed by atoms with Crippen molar-refractivity contribution in [1.82, 2.24) is 10.2 Å². The molecule has 1 rings (SSSR count). The maximum Gasteiger partial charge on any atom is 0.407 e. The van der Waals surface area contributed by atoms with E-state index in [1.807, 2.05) is 20.8 Å². The molecule has 0 radical (unpaired) electrons. The molecule has 0 bridgehead atoms. The second kappa shape index (κ2) is 7.59. The molecule has 1 aliphatic heterocycles. The number of ketones is 1. The topological polar surface area (TPSA) is 67.9 Å². The van der Waals surface area contributed by atoms with Gasteiger partial charge in [-0.2, -0.15) is 0 Å². The van der Waals surface area contributed by atoms with Gasteiger partial charge in [0.05, 0.1) is 26.4 Å². The molecule has 1 unspecified atom stereocenters. The number of carbonyl (C=O) groups excluding carboxylic acids is 2. The fourth-order valence-corrected chi connectivity index (χ4v) is 2.13. The van der Waals surface area contributed by atoms with E-state index in [-0.39, 0.29) is 5.78 Å². The summed E-state index contributed by atoms with van der Waals surface area (Å²) < 4.78 is 9.89. The van der Waals surface area contributed by atoms with Gasteiger partial charge < -0.3 is 14.8 Å². The van der Waals surface area contributed by atoms with E-state index in [0.717, 1.165) is 32.8 Å². The standard InChI is InChI=1S/C14H26N2O4/c1-14(2,3)12(17)11(15-13(18)19-4)5-6-16-7-9-20-10-8-16/h11H,5-10H2,1-4H3,(H,15,18). The Kier molecular flexibility index (Phi) is 6.42. The number of rotatable bonds is 5. The number of hydrogen-bond donors (Lipinski definition) is 1. The van der Waals surface area contributed by atoms with Crippen molar-refractivity contribution >= 4 is 11.9 Å². The average molecular weight is 286 g/mol. The minimum absolute atomic E-state index is 0.0242. The first-order valence-electron chi connectivity index (χ1n) is 7.03. The molecule has 1 heterocycles. The minimum Gasteiger partial charge on any atom is -0.453 e. The summed E-state index contributed by atoms with van der Waals surface area (Å²) in [5.41, 5.74) is -0.489. The van der Waals surface area contributed by atoms with Crippen LogP contribution in [0.15, 0.2) is 0 Å². The molecule has 1 N–H and O–H groups in total. The van der Waals surface area contributed by atoms with E-state index in [1.165, 1.54) is 7.11 Å². The Morgan fingerprint density at radius 2 is 1.90 bits per heavy atom. The number of alkyl carbamates (subject to hydrolysis) is 1. The van der Waals surface area contributed by atoms with Crippen LogP contribution in [0.1, 0.15) is 27.2 Å². The Morgan fingerprint density at radius 1 is 1.30 bits per heavy atom. The van der Waals surface area contributed by atoms with Gasteiger partial charge in [-0.1, -0.05) is 20.8 Å². The van der Waals surface area contributed by atoms with E-state index in [2.05, 4.69) is 15.0 Å². The van der Waals surface area contributed by atoms with Crippen LogP contribution in [0.4, 0.5) is 4.79 Å². The zero-order valence-corrected chi connectivity index (χ0v) is 12.9. The van der Waals surface area contributed by atoms with Crippen molar-refractivity contribution in [2.24, 2.45) is 5.41 Å². The number of carbonyl (C=O) groups is 2. The van der Waals surface area contributed by atoms with Crippen LogP contribution in [0.3, 0.4) is 0 Å². The lowest BCUT2D eigenvalue weighted by Crippen LogP contribution is -2.48. The zero-order valence-electron chi connectivity index (χ0n) is 12.9. The summed E-state index contributed by atoms with van der Waals surface area (Å²) >= 11 is 0. The number of morpholine rings is 1. The molecule has 0 spiro atoms. The molecule has 6 nitrogen and oxygen atoms in total. The van der Waals surface area contributed by atoms with Gasteiger partial charge in [-0.15, -0.1) is 0 Å². The summed E-state index contributed by atoms with van der Waals surface area (Å²) in [5.74, 6) is 0.0242. The van der Waals surface area contributed by atoms with Crippen molar-refractivity contribution in [2.45, 2.75) is 33.2 Å². The number of methoxy groups -OCH3 is 1. The molecule has 1 aliphatic rings. The van der Waals surface area contributed by atoms with Crippen LogP contribution in [-0.4, -0.2) is 62.8 Å². The van der Waals surface area contributed by atoms with Gasteiger partial charge >= 0.3 is 6.09 Å². The van der Waals surface area contributed by atoms with E-state index in [9.17, 15) is 9.59 Å². The highest BCUT2D eigenvalue weighted by molar-refractivity contribution is 5.91. The lowest BCUT2D eigenvalue weighted by Gasteiger charge is -2.30. The van der Waals surface area contributed by atoms with Gasteiger partial charge in [0.25, 0.3) is 0 Å². The van der Waals surface area contributed by atoms with Crippen LogP contribution in [0.25, 0.3) is 0 Å². The van der Waals surface area contributed by atoms with Gasteiger partial charge in [-0.25, -0.2) is 4.79 Å². The maximum atomic E-state index is 12.4. The molecule has 1 saturated heterocycles. The molecule has 116 valence electrons. The fourth-order valence-electron chi connectivity index (χ4n) is 2.13. The second-order valence-electron chi connectivity index (χ2n) is 6.05. The summed E-state index contributed by atoms with van der Waals surface area (Å²) in [6.45, 7) is 9.52. The summed E-state index contributed by atoms with van der Waals surface area (Å²) in [5, 5.41) is 2.64. The normalized spacial score (nSPS) is 18.4. The lowest BCUT2D eigenvalue weighted by atomic mass is 9.85. The maximum absolute atomic E-state index is 12.4. The van der Waals surface area contributed by atoms with Gasteiger partial charge in [0.15, 0.2) is 5.78 Å². The largest absolute Gasteiger partial charge is 0.453 e. The summed E-state index contributed by atoms with van der Waals surface area (Å²) in [7, 11) is 1.30. The average Bonchev–Trinajstić information content (AvgIpc) is 2.42. The molecule has 1 amide bonds. The van der Waals surface area contributed by atoms with Gasteiger partial charge in [0.1, 0.15) is 0 Å². The first-order valence-corrected chi connectivity index (χ1v) is 7.03. The second-order valence-corrected chi connectivity index (χ2v) is 6.05. The number of ether oxygens (including phenoxy) is 2. The highest BCUT2D eigenvalue weighted by Crippen LogP contribution is 2.18.